The zero-order valence-electron chi connectivity index (χ0n) is 14.9. The number of anilines is 1. The van der Waals surface area contributed by atoms with Crippen LogP contribution in [0.2, 0.25) is 0 Å². The van der Waals surface area contributed by atoms with E-state index in [0.29, 0.717) is 5.92 Å². The Kier molecular flexibility index (Phi) is 9.54. The summed E-state index contributed by atoms with van der Waals surface area (Å²) in [5, 5.41) is 3.24. The SMILES string of the molecule is CNCC1CCCN(C(=O)c2cccnc2N2CCCCC2)C1.Cl.Cl. The van der Waals surface area contributed by atoms with E-state index < -0.39 is 0 Å². The first kappa shape index (κ1) is 22.0. The van der Waals surface area contributed by atoms with Crippen molar-refractivity contribution in [2.75, 3.05) is 44.7 Å². The summed E-state index contributed by atoms with van der Waals surface area (Å²) in [5.74, 6) is 1.60. The van der Waals surface area contributed by atoms with E-state index in [1.165, 1.54) is 25.7 Å². The van der Waals surface area contributed by atoms with Gasteiger partial charge in [0.15, 0.2) is 0 Å². The molecule has 0 radical (unpaired) electrons. The number of nitrogens with one attached hydrogen (secondary N) is 1. The highest BCUT2D eigenvalue weighted by Gasteiger charge is 2.27. The number of aromatic nitrogens is 1. The Morgan fingerprint density at radius 2 is 1.96 bits per heavy atom. The Morgan fingerprint density at radius 3 is 2.68 bits per heavy atom. The van der Waals surface area contributed by atoms with Crippen LogP contribution in [0.5, 0.6) is 0 Å². The van der Waals surface area contributed by atoms with Crippen molar-refractivity contribution in [1.82, 2.24) is 15.2 Å². The molecule has 1 atom stereocenters. The van der Waals surface area contributed by atoms with Crippen LogP contribution in [0.15, 0.2) is 18.3 Å². The standard InChI is InChI=1S/C18H28N4O.2ClH/c1-19-13-15-7-6-12-22(14-15)18(23)16-8-5-9-20-17(16)21-10-3-2-4-11-21;;/h5,8-9,15,19H,2-4,6-7,10-14H2,1H3;2*1H. The molecule has 1 aromatic heterocycles. The zero-order valence-corrected chi connectivity index (χ0v) is 16.6. The van der Waals surface area contributed by atoms with Gasteiger partial charge in [0.2, 0.25) is 0 Å². The van der Waals surface area contributed by atoms with Crippen molar-refractivity contribution in [1.29, 1.82) is 0 Å². The minimum atomic E-state index is 0. The van der Waals surface area contributed by atoms with Crippen molar-refractivity contribution in [2.24, 2.45) is 5.92 Å². The first-order valence-electron chi connectivity index (χ1n) is 8.93. The number of rotatable bonds is 4. The molecular formula is C18H30Cl2N4O. The second-order valence-electron chi connectivity index (χ2n) is 6.74. The first-order chi connectivity index (χ1) is 11.3. The quantitative estimate of drug-likeness (QED) is 0.860. The van der Waals surface area contributed by atoms with Crippen molar-refractivity contribution in [3.8, 4) is 0 Å². The number of halogens is 2. The summed E-state index contributed by atoms with van der Waals surface area (Å²) >= 11 is 0. The second kappa shape index (κ2) is 10.8. The van der Waals surface area contributed by atoms with E-state index >= 15 is 0 Å². The Bertz CT molecular complexity index is 536. The lowest BCUT2D eigenvalue weighted by Crippen LogP contribution is -2.43. The molecule has 1 amide bonds. The van der Waals surface area contributed by atoms with Crippen LogP contribution in [0.1, 0.15) is 42.5 Å². The van der Waals surface area contributed by atoms with Crippen molar-refractivity contribution in [3.63, 3.8) is 0 Å². The van der Waals surface area contributed by atoms with Crippen molar-refractivity contribution in [3.05, 3.63) is 23.9 Å². The molecule has 0 spiro atoms. The van der Waals surface area contributed by atoms with Gasteiger partial charge in [-0.15, -0.1) is 24.8 Å². The fourth-order valence-electron chi connectivity index (χ4n) is 3.80. The largest absolute Gasteiger partial charge is 0.356 e. The molecular weight excluding hydrogens is 359 g/mol. The van der Waals surface area contributed by atoms with Gasteiger partial charge in [-0.05, 0) is 63.7 Å². The van der Waals surface area contributed by atoms with Crippen molar-refractivity contribution < 1.29 is 4.79 Å². The lowest BCUT2D eigenvalue weighted by molar-refractivity contribution is 0.0674. The molecule has 0 saturated carbocycles. The number of pyridine rings is 1. The summed E-state index contributed by atoms with van der Waals surface area (Å²) < 4.78 is 0. The number of amides is 1. The van der Waals surface area contributed by atoms with Crippen LogP contribution < -0.4 is 10.2 Å². The molecule has 2 fully saturated rings. The minimum absolute atomic E-state index is 0. The molecule has 0 aliphatic carbocycles. The summed E-state index contributed by atoms with van der Waals surface area (Å²) in [5.41, 5.74) is 0.777. The molecule has 2 aliphatic heterocycles. The van der Waals surface area contributed by atoms with Gasteiger partial charge < -0.3 is 15.1 Å². The molecule has 1 aromatic rings. The number of hydrogen-bond donors (Lipinski definition) is 1. The summed E-state index contributed by atoms with van der Waals surface area (Å²) in [6, 6.07) is 3.83. The van der Waals surface area contributed by atoms with E-state index in [0.717, 1.165) is 50.5 Å². The van der Waals surface area contributed by atoms with Gasteiger partial charge in [0.1, 0.15) is 5.82 Å². The summed E-state index contributed by atoms with van der Waals surface area (Å²) in [6.45, 7) is 4.73. The van der Waals surface area contributed by atoms with Crippen LogP contribution in [0.3, 0.4) is 0 Å². The number of likely N-dealkylation sites (tertiary alicyclic amines) is 1. The first-order valence-corrected chi connectivity index (χ1v) is 8.93. The molecule has 5 nitrogen and oxygen atoms in total. The smallest absolute Gasteiger partial charge is 0.257 e. The van der Waals surface area contributed by atoms with Gasteiger partial charge in [-0.25, -0.2) is 4.98 Å². The Balaban J connectivity index is 0.00000156. The van der Waals surface area contributed by atoms with E-state index in [2.05, 4.69) is 15.2 Å². The highest BCUT2D eigenvalue weighted by Crippen LogP contribution is 2.25. The molecule has 0 bridgehead atoms. The molecule has 3 rings (SSSR count). The molecule has 2 saturated heterocycles. The second-order valence-corrected chi connectivity index (χ2v) is 6.74. The number of carbonyl (C=O) groups is 1. The molecule has 7 heteroatoms. The summed E-state index contributed by atoms with van der Waals surface area (Å²) in [4.78, 5) is 21.9. The fourth-order valence-corrected chi connectivity index (χ4v) is 3.80. The van der Waals surface area contributed by atoms with E-state index in [4.69, 9.17) is 0 Å². The average molecular weight is 389 g/mol. The Morgan fingerprint density at radius 1 is 1.20 bits per heavy atom. The highest BCUT2D eigenvalue weighted by atomic mass is 35.5. The number of nitrogens with zero attached hydrogens (tertiary/aromatic N) is 3. The highest BCUT2D eigenvalue weighted by molar-refractivity contribution is 5.99. The van der Waals surface area contributed by atoms with E-state index in [1.807, 2.05) is 24.1 Å². The molecule has 142 valence electrons. The van der Waals surface area contributed by atoms with Gasteiger partial charge in [-0.1, -0.05) is 0 Å². The molecule has 25 heavy (non-hydrogen) atoms. The number of carbonyl (C=O) groups excluding carboxylic acids is 1. The average Bonchev–Trinajstić information content (AvgIpc) is 2.62. The maximum Gasteiger partial charge on any atom is 0.257 e. The molecule has 2 aliphatic rings. The Labute approximate surface area is 163 Å². The number of hydrogen-bond acceptors (Lipinski definition) is 4. The maximum absolute atomic E-state index is 13.1. The monoisotopic (exact) mass is 388 g/mol. The Hall–Kier alpha value is -1.04. The molecule has 1 unspecified atom stereocenters. The maximum atomic E-state index is 13.1. The lowest BCUT2D eigenvalue weighted by Gasteiger charge is -2.34. The van der Waals surface area contributed by atoms with E-state index in [9.17, 15) is 4.79 Å². The zero-order chi connectivity index (χ0) is 16.1. The predicted octanol–water partition coefficient (Wildman–Crippen LogP) is 2.99. The van der Waals surface area contributed by atoms with Crippen LogP contribution in [-0.4, -0.2) is 55.6 Å². The van der Waals surface area contributed by atoms with Gasteiger partial charge in [0.05, 0.1) is 5.56 Å². The molecule has 1 N–H and O–H groups in total. The van der Waals surface area contributed by atoms with Gasteiger partial charge >= 0.3 is 0 Å². The number of piperidine rings is 2. The topological polar surface area (TPSA) is 48.5 Å². The van der Waals surface area contributed by atoms with Crippen LogP contribution in [0, 0.1) is 5.92 Å². The fraction of sp³-hybridized carbons (Fsp3) is 0.667. The minimum Gasteiger partial charge on any atom is -0.356 e. The third-order valence-corrected chi connectivity index (χ3v) is 4.97. The van der Waals surface area contributed by atoms with Gasteiger partial charge in [-0.3, -0.25) is 4.79 Å². The summed E-state index contributed by atoms with van der Waals surface area (Å²) in [7, 11) is 1.98. The summed E-state index contributed by atoms with van der Waals surface area (Å²) in [6.07, 6.45) is 7.77. The van der Waals surface area contributed by atoms with Gasteiger partial charge in [-0.2, -0.15) is 0 Å². The van der Waals surface area contributed by atoms with E-state index in [-0.39, 0.29) is 30.7 Å². The third kappa shape index (κ3) is 5.47. The normalized spacial score (nSPS) is 20.4. The van der Waals surface area contributed by atoms with Crippen LogP contribution in [0.4, 0.5) is 5.82 Å². The van der Waals surface area contributed by atoms with Crippen LogP contribution >= 0.6 is 24.8 Å². The van der Waals surface area contributed by atoms with Gasteiger partial charge in [0.25, 0.3) is 5.91 Å². The van der Waals surface area contributed by atoms with Crippen LogP contribution in [0.25, 0.3) is 0 Å². The van der Waals surface area contributed by atoms with Crippen molar-refractivity contribution >= 4 is 36.5 Å². The molecule has 0 aromatic carbocycles. The third-order valence-electron chi connectivity index (χ3n) is 4.97. The van der Waals surface area contributed by atoms with Crippen molar-refractivity contribution in [2.45, 2.75) is 32.1 Å². The lowest BCUT2D eigenvalue weighted by atomic mass is 9.97. The molecule has 3 heterocycles. The van der Waals surface area contributed by atoms with Crippen LogP contribution in [-0.2, 0) is 0 Å². The van der Waals surface area contributed by atoms with E-state index in [1.54, 1.807) is 6.20 Å². The predicted molar refractivity (Wildman–Crippen MR) is 107 cm³/mol. The van der Waals surface area contributed by atoms with Gasteiger partial charge in [0, 0.05) is 32.4 Å².